The number of nitrogen functional groups attached to an aromatic ring is 1. The molecule has 0 saturated carbocycles. The van der Waals surface area contributed by atoms with Gasteiger partial charge in [0.25, 0.3) is 5.91 Å². The molecule has 1 aromatic rings. The summed E-state index contributed by atoms with van der Waals surface area (Å²) in [5, 5.41) is 3.35. The van der Waals surface area contributed by atoms with E-state index in [0.717, 1.165) is 0 Å². The summed E-state index contributed by atoms with van der Waals surface area (Å²) < 4.78 is 5.03. The summed E-state index contributed by atoms with van der Waals surface area (Å²) in [6.07, 6.45) is 0. The molecule has 112 valence electrons. The number of amides is 1. The average Bonchev–Trinajstić information content (AvgIpc) is 2.76. The molecule has 1 heterocycles. The quantitative estimate of drug-likeness (QED) is 0.781. The van der Waals surface area contributed by atoms with Gasteiger partial charge in [0.2, 0.25) is 0 Å². The normalized spacial score (nSPS) is 10.2. The maximum Gasteiger partial charge on any atom is 0.343 e. The van der Waals surface area contributed by atoms with Crippen LogP contribution in [-0.2, 0) is 4.74 Å². The Balaban J connectivity index is 3.31. The number of carbonyl (C=O) groups is 2. The van der Waals surface area contributed by atoms with Gasteiger partial charge in [-0.1, -0.05) is 0 Å². The number of esters is 1. The van der Waals surface area contributed by atoms with Crippen molar-refractivity contribution in [3.05, 3.63) is 10.4 Å². The Morgan fingerprint density at radius 2 is 2.00 bits per heavy atom. The van der Waals surface area contributed by atoms with Crippen LogP contribution in [0.25, 0.3) is 0 Å². The van der Waals surface area contributed by atoms with Gasteiger partial charge in [0, 0.05) is 20.1 Å². The molecule has 1 rings (SSSR count). The van der Waals surface area contributed by atoms with Crippen LogP contribution in [0.5, 0.6) is 0 Å². The number of nitrogens with one attached hydrogen (secondary N) is 1. The summed E-state index contributed by atoms with van der Waals surface area (Å²) >= 11 is 1.21. The molecule has 7 heteroatoms. The summed E-state index contributed by atoms with van der Waals surface area (Å²) in [5.41, 5.74) is 6.45. The van der Waals surface area contributed by atoms with Crippen LogP contribution in [-0.4, -0.2) is 38.6 Å². The first-order valence-corrected chi connectivity index (χ1v) is 7.38. The van der Waals surface area contributed by atoms with Gasteiger partial charge in [-0.3, -0.25) is 4.79 Å². The van der Waals surface area contributed by atoms with Gasteiger partial charge in [-0.15, -0.1) is 11.3 Å². The SMILES string of the molecule is CCNC(=O)c1sc(N(C)CC)c(C(=O)OCC)c1N. The molecule has 0 aromatic carbocycles. The van der Waals surface area contributed by atoms with Crippen LogP contribution in [0.3, 0.4) is 0 Å². The second-order valence-electron chi connectivity index (χ2n) is 4.12. The van der Waals surface area contributed by atoms with E-state index < -0.39 is 5.97 Å². The monoisotopic (exact) mass is 299 g/mol. The van der Waals surface area contributed by atoms with Crippen LogP contribution >= 0.6 is 11.3 Å². The first-order chi connectivity index (χ1) is 9.47. The van der Waals surface area contributed by atoms with Crippen molar-refractivity contribution >= 4 is 33.9 Å². The standard InChI is InChI=1S/C13H21N3O3S/c1-5-15-11(17)10-9(14)8(13(18)19-7-3)12(20-10)16(4)6-2/h5-7,14H2,1-4H3,(H,15,17). The minimum atomic E-state index is -0.493. The Morgan fingerprint density at radius 3 is 2.50 bits per heavy atom. The van der Waals surface area contributed by atoms with Crippen molar-refractivity contribution in [2.24, 2.45) is 0 Å². The lowest BCUT2D eigenvalue weighted by Gasteiger charge is -2.16. The largest absolute Gasteiger partial charge is 0.462 e. The van der Waals surface area contributed by atoms with E-state index in [4.69, 9.17) is 10.5 Å². The lowest BCUT2D eigenvalue weighted by Crippen LogP contribution is -2.22. The Hall–Kier alpha value is -1.76. The second kappa shape index (κ2) is 7.14. The molecule has 0 atom stereocenters. The van der Waals surface area contributed by atoms with Gasteiger partial charge in [-0.05, 0) is 20.8 Å². The molecule has 0 aliphatic carbocycles. The van der Waals surface area contributed by atoms with Gasteiger partial charge < -0.3 is 20.7 Å². The van der Waals surface area contributed by atoms with E-state index in [1.54, 1.807) is 6.92 Å². The fraction of sp³-hybridized carbons (Fsp3) is 0.538. The highest BCUT2D eigenvalue weighted by Gasteiger charge is 2.27. The fourth-order valence-corrected chi connectivity index (χ4v) is 2.80. The summed E-state index contributed by atoms with van der Waals surface area (Å²) in [5.74, 6) is -0.761. The summed E-state index contributed by atoms with van der Waals surface area (Å²) in [6, 6.07) is 0. The highest BCUT2D eigenvalue weighted by molar-refractivity contribution is 7.19. The molecule has 20 heavy (non-hydrogen) atoms. The van der Waals surface area contributed by atoms with Crippen LogP contribution in [0.4, 0.5) is 10.7 Å². The molecule has 3 N–H and O–H groups in total. The van der Waals surface area contributed by atoms with E-state index in [0.29, 0.717) is 23.0 Å². The molecule has 0 bridgehead atoms. The molecule has 1 amide bonds. The molecule has 0 spiro atoms. The number of rotatable bonds is 6. The molecule has 0 aliphatic heterocycles. The first kappa shape index (κ1) is 16.3. The van der Waals surface area contributed by atoms with Crippen molar-refractivity contribution in [2.75, 3.05) is 37.4 Å². The summed E-state index contributed by atoms with van der Waals surface area (Å²) in [7, 11) is 1.84. The maximum atomic E-state index is 12.0. The number of ether oxygens (including phenoxy) is 1. The van der Waals surface area contributed by atoms with E-state index >= 15 is 0 Å². The Morgan fingerprint density at radius 1 is 1.35 bits per heavy atom. The predicted octanol–water partition coefficient (Wildman–Crippen LogP) is 1.71. The Labute approximate surface area is 122 Å². The summed E-state index contributed by atoms with van der Waals surface area (Å²) in [6.45, 7) is 6.98. The molecule has 6 nitrogen and oxygen atoms in total. The number of thiophene rings is 1. The van der Waals surface area contributed by atoms with Gasteiger partial charge in [-0.25, -0.2) is 4.79 Å². The predicted molar refractivity (Wildman–Crippen MR) is 81.6 cm³/mol. The van der Waals surface area contributed by atoms with Crippen LogP contribution in [0.1, 0.15) is 40.8 Å². The van der Waals surface area contributed by atoms with E-state index in [1.807, 2.05) is 25.8 Å². The molecule has 0 saturated heterocycles. The van der Waals surface area contributed by atoms with E-state index in [-0.39, 0.29) is 23.8 Å². The van der Waals surface area contributed by atoms with Crippen LogP contribution in [0, 0.1) is 0 Å². The minimum Gasteiger partial charge on any atom is -0.462 e. The van der Waals surface area contributed by atoms with Gasteiger partial charge in [-0.2, -0.15) is 0 Å². The third-order valence-corrected chi connectivity index (χ3v) is 4.09. The molecule has 0 aliphatic rings. The smallest absolute Gasteiger partial charge is 0.343 e. The number of hydrogen-bond acceptors (Lipinski definition) is 6. The van der Waals surface area contributed by atoms with E-state index in [1.165, 1.54) is 11.3 Å². The third-order valence-electron chi connectivity index (χ3n) is 2.77. The van der Waals surface area contributed by atoms with Crippen molar-refractivity contribution in [3.63, 3.8) is 0 Å². The van der Waals surface area contributed by atoms with E-state index in [2.05, 4.69) is 5.32 Å². The molecular weight excluding hydrogens is 278 g/mol. The summed E-state index contributed by atoms with van der Waals surface area (Å²) in [4.78, 5) is 26.2. The highest BCUT2D eigenvalue weighted by atomic mass is 32.1. The topological polar surface area (TPSA) is 84.7 Å². The zero-order chi connectivity index (χ0) is 15.3. The first-order valence-electron chi connectivity index (χ1n) is 6.56. The maximum absolute atomic E-state index is 12.0. The van der Waals surface area contributed by atoms with Crippen LogP contribution < -0.4 is 16.0 Å². The van der Waals surface area contributed by atoms with Gasteiger partial charge in [0.15, 0.2) is 0 Å². The van der Waals surface area contributed by atoms with Crippen LogP contribution in [0.15, 0.2) is 0 Å². The molecule has 0 unspecified atom stereocenters. The lowest BCUT2D eigenvalue weighted by atomic mass is 10.2. The molecule has 0 fully saturated rings. The second-order valence-corrected chi connectivity index (χ2v) is 5.12. The molecule has 0 radical (unpaired) electrons. The number of anilines is 2. The Kier molecular flexibility index (Phi) is 5.82. The third kappa shape index (κ3) is 3.22. The van der Waals surface area contributed by atoms with Gasteiger partial charge in [0.05, 0.1) is 12.3 Å². The number of nitrogens with two attached hydrogens (primary N) is 1. The van der Waals surface area contributed by atoms with Crippen molar-refractivity contribution in [3.8, 4) is 0 Å². The number of nitrogens with zero attached hydrogens (tertiary/aromatic N) is 1. The zero-order valence-electron chi connectivity index (χ0n) is 12.3. The van der Waals surface area contributed by atoms with Crippen molar-refractivity contribution in [1.29, 1.82) is 0 Å². The fourth-order valence-electron chi connectivity index (χ4n) is 1.65. The van der Waals surface area contributed by atoms with E-state index in [9.17, 15) is 9.59 Å². The van der Waals surface area contributed by atoms with Crippen molar-refractivity contribution in [2.45, 2.75) is 20.8 Å². The molecule has 1 aromatic heterocycles. The van der Waals surface area contributed by atoms with Crippen LogP contribution in [0.2, 0.25) is 0 Å². The molecular formula is C13H21N3O3S. The minimum absolute atomic E-state index is 0.190. The zero-order valence-corrected chi connectivity index (χ0v) is 13.1. The highest BCUT2D eigenvalue weighted by Crippen LogP contribution is 2.38. The van der Waals surface area contributed by atoms with Crippen molar-refractivity contribution in [1.82, 2.24) is 5.32 Å². The van der Waals surface area contributed by atoms with Crippen molar-refractivity contribution < 1.29 is 14.3 Å². The number of carbonyl (C=O) groups excluding carboxylic acids is 2. The lowest BCUT2D eigenvalue weighted by molar-refractivity contribution is 0.0529. The average molecular weight is 299 g/mol. The Bertz CT molecular complexity index is 499. The van der Waals surface area contributed by atoms with Gasteiger partial charge >= 0.3 is 5.97 Å². The van der Waals surface area contributed by atoms with Gasteiger partial charge in [0.1, 0.15) is 15.4 Å². The number of hydrogen-bond donors (Lipinski definition) is 2.